The Morgan fingerprint density at radius 3 is 2.95 bits per heavy atom. The molecule has 0 saturated heterocycles. The SMILES string of the molecule is COCCCS(=O)CC(=O)Nc1cc(F)ccc1N. The molecule has 0 fully saturated rings. The molecular formula is C12H17FN2O3S. The Hall–Kier alpha value is -1.47. The summed E-state index contributed by atoms with van der Waals surface area (Å²) in [7, 11) is 0.294. The maximum atomic E-state index is 13.0. The van der Waals surface area contributed by atoms with Crippen LogP contribution < -0.4 is 11.1 Å². The molecule has 7 heteroatoms. The Labute approximate surface area is 113 Å². The summed E-state index contributed by atoms with van der Waals surface area (Å²) >= 11 is 0. The molecule has 0 saturated carbocycles. The van der Waals surface area contributed by atoms with Crippen LogP contribution in [0.4, 0.5) is 15.8 Å². The van der Waals surface area contributed by atoms with Crippen LogP contribution in [0.3, 0.4) is 0 Å². The maximum Gasteiger partial charge on any atom is 0.237 e. The van der Waals surface area contributed by atoms with Crippen LogP contribution in [-0.2, 0) is 20.3 Å². The number of hydrogen-bond donors (Lipinski definition) is 2. The zero-order chi connectivity index (χ0) is 14.3. The van der Waals surface area contributed by atoms with Gasteiger partial charge in [-0.05, 0) is 24.6 Å². The van der Waals surface area contributed by atoms with Crippen molar-refractivity contribution in [1.29, 1.82) is 0 Å². The van der Waals surface area contributed by atoms with Gasteiger partial charge in [-0.1, -0.05) is 0 Å². The van der Waals surface area contributed by atoms with Crippen molar-refractivity contribution in [2.24, 2.45) is 0 Å². The van der Waals surface area contributed by atoms with Crippen molar-refractivity contribution >= 4 is 28.1 Å². The largest absolute Gasteiger partial charge is 0.397 e. The number of hydrogen-bond acceptors (Lipinski definition) is 4. The number of nitrogens with one attached hydrogen (secondary N) is 1. The van der Waals surface area contributed by atoms with Crippen LogP contribution in [-0.4, -0.2) is 35.3 Å². The van der Waals surface area contributed by atoms with Crippen LogP contribution in [0.5, 0.6) is 0 Å². The van der Waals surface area contributed by atoms with Gasteiger partial charge in [0.25, 0.3) is 0 Å². The number of carbonyl (C=O) groups excluding carboxylic acids is 1. The second-order valence-corrected chi connectivity index (χ2v) is 5.49. The molecule has 0 heterocycles. The number of nitrogens with two attached hydrogens (primary N) is 1. The molecule has 1 rings (SSSR count). The van der Waals surface area contributed by atoms with Crippen molar-refractivity contribution in [1.82, 2.24) is 0 Å². The molecule has 106 valence electrons. The Kier molecular flexibility index (Phi) is 6.44. The summed E-state index contributed by atoms with van der Waals surface area (Å²) in [6.45, 7) is 0.504. The molecule has 1 aromatic rings. The Balaban J connectivity index is 2.46. The molecule has 0 aliphatic carbocycles. The van der Waals surface area contributed by atoms with Crippen molar-refractivity contribution in [2.45, 2.75) is 6.42 Å². The van der Waals surface area contributed by atoms with Crippen LogP contribution in [0.2, 0.25) is 0 Å². The number of halogens is 1. The van der Waals surface area contributed by atoms with Crippen LogP contribution in [0.1, 0.15) is 6.42 Å². The molecule has 0 aliphatic heterocycles. The van der Waals surface area contributed by atoms with E-state index in [2.05, 4.69) is 5.32 Å². The molecule has 3 N–H and O–H groups in total. The van der Waals surface area contributed by atoms with Crippen molar-refractivity contribution in [3.63, 3.8) is 0 Å². The van der Waals surface area contributed by atoms with Gasteiger partial charge in [-0.3, -0.25) is 9.00 Å². The average molecular weight is 288 g/mol. The highest BCUT2D eigenvalue weighted by atomic mass is 32.2. The molecule has 5 nitrogen and oxygen atoms in total. The Morgan fingerprint density at radius 2 is 2.26 bits per heavy atom. The highest BCUT2D eigenvalue weighted by molar-refractivity contribution is 7.85. The minimum Gasteiger partial charge on any atom is -0.397 e. The first-order valence-electron chi connectivity index (χ1n) is 5.71. The van der Waals surface area contributed by atoms with Crippen molar-refractivity contribution < 1.29 is 18.1 Å². The summed E-state index contributed by atoms with van der Waals surface area (Å²) in [4.78, 5) is 11.6. The first-order chi connectivity index (χ1) is 9.02. The number of carbonyl (C=O) groups is 1. The van der Waals surface area contributed by atoms with E-state index in [4.69, 9.17) is 10.5 Å². The van der Waals surface area contributed by atoms with Crippen molar-refractivity contribution in [3.8, 4) is 0 Å². The minimum atomic E-state index is -1.26. The lowest BCUT2D eigenvalue weighted by Crippen LogP contribution is -2.21. The second-order valence-electron chi connectivity index (χ2n) is 3.91. The summed E-state index contributed by atoms with van der Waals surface area (Å²) in [5.41, 5.74) is 6.05. The molecule has 0 aromatic heterocycles. The second kappa shape index (κ2) is 7.85. The number of ether oxygens (including phenoxy) is 1. The van der Waals surface area contributed by atoms with E-state index in [1.807, 2.05) is 0 Å². The number of nitrogen functional groups attached to an aromatic ring is 1. The number of rotatable bonds is 7. The maximum absolute atomic E-state index is 13.0. The monoisotopic (exact) mass is 288 g/mol. The zero-order valence-corrected chi connectivity index (χ0v) is 11.5. The van der Waals surface area contributed by atoms with Gasteiger partial charge in [0.2, 0.25) is 5.91 Å². The molecule has 1 atom stereocenters. The summed E-state index contributed by atoms with van der Waals surface area (Å²) in [5, 5.41) is 2.44. The van der Waals surface area contributed by atoms with Gasteiger partial charge in [-0.25, -0.2) is 4.39 Å². The van der Waals surface area contributed by atoms with Crippen molar-refractivity contribution in [2.75, 3.05) is 36.3 Å². The van der Waals surface area contributed by atoms with Gasteiger partial charge in [0.1, 0.15) is 11.6 Å². The fourth-order valence-electron chi connectivity index (χ4n) is 1.41. The standard InChI is InChI=1S/C12H17FN2O3S/c1-18-5-2-6-19(17)8-12(16)15-11-7-9(13)3-4-10(11)14/h3-4,7H,2,5-6,8,14H2,1H3,(H,15,16). The zero-order valence-electron chi connectivity index (χ0n) is 10.6. The predicted octanol–water partition coefficient (Wildman–Crippen LogP) is 1.13. The van der Waals surface area contributed by atoms with E-state index in [1.165, 1.54) is 12.1 Å². The molecule has 1 amide bonds. The number of benzene rings is 1. The topological polar surface area (TPSA) is 81.4 Å². The molecule has 0 aliphatic rings. The van der Waals surface area contributed by atoms with Gasteiger partial charge in [0.05, 0.1) is 11.4 Å². The third-order valence-electron chi connectivity index (χ3n) is 2.30. The molecule has 0 bridgehead atoms. The van der Waals surface area contributed by atoms with Crippen molar-refractivity contribution in [3.05, 3.63) is 24.0 Å². The summed E-state index contributed by atoms with van der Waals surface area (Å²) in [6.07, 6.45) is 0.624. The van der Waals surface area contributed by atoms with Crippen LogP contribution in [0.25, 0.3) is 0 Å². The van der Waals surface area contributed by atoms with E-state index in [0.29, 0.717) is 18.8 Å². The van der Waals surface area contributed by atoms with E-state index in [1.54, 1.807) is 7.11 Å². The van der Waals surface area contributed by atoms with E-state index in [0.717, 1.165) is 6.07 Å². The fourth-order valence-corrected chi connectivity index (χ4v) is 2.35. The smallest absolute Gasteiger partial charge is 0.237 e. The number of methoxy groups -OCH3 is 1. The predicted molar refractivity (Wildman–Crippen MR) is 73.8 cm³/mol. The van der Waals surface area contributed by atoms with E-state index in [-0.39, 0.29) is 17.1 Å². The van der Waals surface area contributed by atoms with Gasteiger partial charge >= 0.3 is 0 Å². The molecular weight excluding hydrogens is 271 g/mol. The van der Waals surface area contributed by atoms with E-state index in [9.17, 15) is 13.4 Å². The number of anilines is 2. The van der Waals surface area contributed by atoms with Crippen LogP contribution in [0, 0.1) is 5.82 Å². The Bertz CT molecular complexity index is 468. The lowest BCUT2D eigenvalue weighted by Gasteiger charge is -2.08. The highest BCUT2D eigenvalue weighted by Gasteiger charge is 2.10. The van der Waals surface area contributed by atoms with Gasteiger partial charge in [-0.2, -0.15) is 0 Å². The minimum absolute atomic E-state index is 0.139. The third-order valence-corrected chi connectivity index (χ3v) is 3.63. The Morgan fingerprint density at radius 1 is 1.53 bits per heavy atom. The van der Waals surface area contributed by atoms with Crippen LogP contribution in [0.15, 0.2) is 18.2 Å². The summed E-state index contributed by atoms with van der Waals surface area (Å²) < 4.78 is 29.4. The molecule has 19 heavy (non-hydrogen) atoms. The third kappa shape index (κ3) is 5.80. The van der Waals surface area contributed by atoms with E-state index >= 15 is 0 Å². The molecule has 0 spiro atoms. The number of amides is 1. The molecule has 1 unspecified atom stereocenters. The van der Waals surface area contributed by atoms with Gasteiger partial charge in [-0.15, -0.1) is 0 Å². The molecule has 1 aromatic carbocycles. The fraction of sp³-hybridized carbons (Fsp3) is 0.417. The quantitative estimate of drug-likeness (QED) is 0.582. The van der Waals surface area contributed by atoms with Gasteiger partial charge in [0.15, 0.2) is 0 Å². The molecule has 0 radical (unpaired) electrons. The lowest BCUT2D eigenvalue weighted by atomic mass is 10.2. The first-order valence-corrected chi connectivity index (χ1v) is 7.20. The van der Waals surface area contributed by atoms with E-state index < -0.39 is 22.5 Å². The van der Waals surface area contributed by atoms with Crippen LogP contribution >= 0.6 is 0 Å². The average Bonchev–Trinajstić information content (AvgIpc) is 2.34. The van der Waals surface area contributed by atoms with Gasteiger partial charge < -0.3 is 15.8 Å². The summed E-state index contributed by atoms with van der Waals surface area (Å²) in [6, 6.07) is 3.69. The van der Waals surface area contributed by atoms with Gasteiger partial charge in [0, 0.05) is 30.3 Å². The normalized spacial score (nSPS) is 12.1. The highest BCUT2D eigenvalue weighted by Crippen LogP contribution is 2.18. The summed E-state index contributed by atoms with van der Waals surface area (Å²) in [5.74, 6) is -0.696. The first kappa shape index (κ1) is 15.6. The lowest BCUT2D eigenvalue weighted by molar-refractivity contribution is -0.113.